The zero-order valence-electron chi connectivity index (χ0n) is 10.5. The van der Waals surface area contributed by atoms with Crippen LogP contribution in [0.1, 0.15) is 31.1 Å². The standard InChI is InChI=1S/C12H15N3O3/c1-12(2,3)8-13-14-11(16)9-4-6-10(7-5-9)15(17)18/h4-8H,1-3H3,(H,14,16)/b13-8-. The summed E-state index contributed by atoms with van der Waals surface area (Å²) in [6.07, 6.45) is 1.62. The average molecular weight is 249 g/mol. The number of hydrazone groups is 1. The third-order valence-corrected chi connectivity index (χ3v) is 1.96. The van der Waals surface area contributed by atoms with E-state index in [4.69, 9.17) is 0 Å². The molecule has 18 heavy (non-hydrogen) atoms. The summed E-state index contributed by atoms with van der Waals surface area (Å²) in [5.41, 5.74) is 2.52. The van der Waals surface area contributed by atoms with Crippen LogP contribution in [0.15, 0.2) is 29.4 Å². The molecule has 1 aromatic rings. The minimum atomic E-state index is -0.514. The fourth-order valence-electron chi connectivity index (χ4n) is 1.08. The van der Waals surface area contributed by atoms with Gasteiger partial charge in [0.1, 0.15) is 0 Å². The zero-order valence-corrected chi connectivity index (χ0v) is 10.5. The lowest BCUT2D eigenvalue weighted by Crippen LogP contribution is -2.19. The van der Waals surface area contributed by atoms with Crippen LogP contribution in [0.5, 0.6) is 0 Å². The number of hydrogen-bond donors (Lipinski definition) is 1. The van der Waals surface area contributed by atoms with Crippen molar-refractivity contribution in [3.63, 3.8) is 0 Å². The summed E-state index contributed by atoms with van der Waals surface area (Å²) in [6, 6.07) is 5.34. The number of nitrogens with zero attached hydrogens (tertiary/aromatic N) is 2. The van der Waals surface area contributed by atoms with E-state index in [1.807, 2.05) is 20.8 Å². The van der Waals surface area contributed by atoms with Crippen LogP contribution in [0.25, 0.3) is 0 Å². The van der Waals surface area contributed by atoms with Crippen molar-refractivity contribution in [2.45, 2.75) is 20.8 Å². The lowest BCUT2D eigenvalue weighted by molar-refractivity contribution is -0.384. The van der Waals surface area contributed by atoms with E-state index in [2.05, 4.69) is 10.5 Å². The van der Waals surface area contributed by atoms with Crippen molar-refractivity contribution >= 4 is 17.8 Å². The van der Waals surface area contributed by atoms with Crippen molar-refractivity contribution in [3.05, 3.63) is 39.9 Å². The van der Waals surface area contributed by atoms with Gasteiger partial charge < -0.3 is 0 Å². The van der Waals surface area contributed by atoms with Crippen LogP contribution in [0.3, 0.4) is 0 Å². The summed E-state index contributed by atoms with van der Waals surface area (Å²) in [6.45, 7) is 5.86. The number of hydrogen-bond acceptors (Lipinski definition) is 4. The van der Waals surface area contributed by atoms with Crippen LogP contribution < -0.4 is 5.43 Å². The predicted molar refractivity (Wildman–Crippen MR) is 68.5 cm³/mol. The van der Waals surface area contributed by atoms with Gasteiger partial charge in [0, 0.05) is 23.9 Å². The first-order chi connectivity index (χ1) is 8.29. The van der Waals surface area contributed by atoms with E-state index >= 15 is 0 Å². The lowest BCUT2D eigenvalue weighted by Gasteiger charge is -2.09. The van der Waals surface area contributed by atoms with Crippen molar-refractivity contribution < 1.29 is 9.72 Å². The molecule has 1 aromatic carbocycles. The molecule has 0 aromatic heterocycles. The van der Waals surface area contributed by atoms with Gasteiger partial charge in [-0.1, -0.05) is 20.8 Å². The number of nitrogens with one attached hydrogen (secondary N) is 1. The first-order valence-electron chi connectivity index (χ1n) is 5.38. The maximum Gasteiger partial charge on any atom is 0.271 e. The third kappa shape index (κ3) is 4.32. The second-order valence-corrected chi connectivity index (χ2v) is 4.87. The van der Waals surface area contributed by atoms with Crippen LogP contribution in [-0.4, -0.2) is 17.0 Å². The Balaban J connectivity index is 2.68. The second kappa shape index (κ2) is 5.39. The predicted octanol–water partition coefficient (Wildman–Crippen LogP) is 2.36. The van der Waals surface area contributed by atoms with Gasteiger partial charge in [-0.2, -0.15) is 5.10 Å². The number of carbonyl (C=O) groups is 1. The van der Waals surface area contributed by atoms with E-state index in [1.54, 1.807) is 6.21 Å². The normalized spacial score (nSPS) is 11.5. The van der Waals surface area contributed by atoms with Gasteiger partial charge in [-0.15, -0.1) is 0 Å². The van der Waals surface area contributed by atoms with Crippen LogP contribution in [0.4, 0.5) is 5.69 Å². The van der Waals surface area contributed by atoms with Gasteiger partial charge in [-0.25, -0.2) is 5.43 Å². The van der Waals surface area contributed by atoms with E-state index in [-0.39, 0.29) is 11.1 Å². The average Bonchev–Trinajstić information content (AvgIpc) is 2.27. The lowest BCUT2D eigenvalue weighted by atomic mass is 9.99. The molecular weight excluding hydrogens is 234 g/mol. The fourth-order valence-corrected chi connectivity index (χ4v) is 1.08. The van der Waals surface area contributed by atoms with Gasteiger partial charge >= 0.3 is 0 Å². The molecule has 96 valence electrons. The molecule has 0 unspecified atom stereocenters. The molecule has 0 spiro atoms. The Morgan fingerprint density at radius 2 is 1.89 bits per heavy atom. The highest BCUT2D eigenvalue weighted by molar-refractivity contribution is 5.94. The number of rotatable bonds is 3. The Morgan fingerprint density at radius 3 is 2.33 bits per heavy atom. The van der Waals surface area contributed by atoms with Crippen molar-refractivity contribution in [3.8, 4) is 0 Å². The largest absolute Gasteiger partial charge is 0.271 e. The van der Waals surface area contributed by atoms with Gasteiger partial charge in [0.2, 0.25) is 0 Å². The Bertz CT molecular complexity index is 472. The molecule has 0 aliphatic heterocycles. The summed E-state index contributed by atoms with van der Waals surface area (Å²) >= 11 is 0. The molecule has 0 aliphatic rings. The van der Waals surface area contributed by atoms with Crippen LogP contribution in [-0.2, 0) is 0 Å². The Hall–Kier alpha value is -2.24. The maximum absolute atomic E-state index is 11.6. The van der Waals surface area contributed by atoms with Crippen molar-refractivity contribution in [1.82, 2.24) is 5.43 Å². The second-order valence-electron chi connectivity index (χ2n) is 4.87. The highest BCUT2D eigenvalue weighted by Crippen LogP contribution is 2.12. The SMILES string of the molecule is CC(C)(C)/C=N\NC(=O)c1ccc([N+](=O)[O-])cc1. The fraction of sp³-hybridized carbons (Fsp3) is 0.333. The molecule has 0 bridgehead atoms. The van der Waals surface area contributed by atoms with E-state index in [0.29, 0.717) is 5.56 Å². The van der Waals surface area contributed by atoms with Crippen molar-refractivity contribution in [1.29, 1.82) is 0 Å². The van der Waals surface area contributed by atoms with Crippen molar-refractivity contribution in [2.75, 3.05) is 0 Å². The number of carbonyl (C=O) groups excluding carboxylic acids is 1. The van der Waals surface area contributed by atoms with Gasteiger partial charge in [0.15, 0.2) is 0 Å². The number of nitro benzene ring substituents is 1. The maximum atomic E-state index is 11.6. The molecular formula is C12H15N3O3. The monoisotopic (exact) mass is 249 g/mol. The Kier molecular flexibility index (Phi) is 4.14. The molecule has 0 fully saturated rings. The van der Waals surface area contributed by atoms with Crippen LogP contribution >= 0.6 is 0 Å². The number of nitro groups is 1. The van der Waals surface area contributed by atoms with E-state index in [9.17, 15) is 14.9 Å². The highest BCUT2D eigenvalue weighted by atomic mass is 16.6. The molecule has 0 atom stereocenters. The topological polar surface area (TPSA) is 84.6 Å². The molecule has 1 amide bonds. The molecule has 0 aliphatic carbocycles. The van der Waals surface area contributed by atoms with E-state index < -0.39 is 10.8 Å². The zero-order chi connectivity index (χ0) is 13.8. The summed E-state index contributed by atoms with van der Waals surface area (Å²) in [5, 5.41) is 14.3. The number of amides is 1. The third-order valence-electron chi connectivity index (χ3n) is 1.96. The molecule has 0 saturated heterocycles. The van der Waals surface area contributed by atoms with Crippen LogP contribution in [0.2, 0.25) is 0 Å². The highest BCUT2D eigenvalue weighted by Gasteiger charge is 2.09. The molecule has 6 nitrogen and oxygen atoms in total. The minimum Gasteiger partial charge on any atom is -0.267 e. The van der Waals surface area contributed by atoms with Gasteiger partial charge in [-0.05, 0) is 17.5 Å². The van der Waals surface area contributed by atoms with Crippen molar-refractivity contribution in [2.24, 2.45) is 10.5 Å². The molecule has 1 rings (SSSR count). The molecule has 1 N–H and O–H groups in total. The Morgan fingerprint density at radius 1 is 1.33 bits per heavy atom. The van der Waals surface area contributed by atoms with Gasteiger partial charge in [0.25, 0.3) is 11.6 Å². The quantitative estimate of drug-likeness (QED) is 0.507. The first kappa shape index (κ1) is 13.8. The molecule has 0 heterocycles. The smallest absolute Gasteiger partial charge is 0.267 e. The summed E-state index contributed by atoms with van der Waals surface area (Å²) in [7, 11) is 0. The number of benzene rings is 1. The summed E-state index contributed by atoms with van der Waals surface area (Å²) < 4.78 is 0. The molecule has 0 saturated carbocycles. The van der Waals surface area contributed by atoms with E-state index in [1.165, 1.54) is 24.3 Å². The Labute approximate surface area is 105 Å². The van der Waals surface area contributed by atoms with Crippen LogP contribution in [0, 0.1) is 15.5 Å². The summed E-state index contributed by atoms with van der Waals surface area (Å²) in [5.74, 6) is -0.398. The molecule has 0 radical (unpaired) electrons. The first-order valence-corrected chi connectivity index (χ1v) is 5.38. The van der Waals surface area contributed by atoms with Gasteiger partial charge in [0.05, 0.1) is 4.92 Å². The molecule has 6 heteroatoms. The number of non-ortho nitro benzene ring substituents is 1. The summed E-state index contributed by atoms with van der Waals surface area (Å²) in [4.78, 5) is 21.5. The minimum absolute atomic E-state index is 0.0512. The van der Waals surface area contributed by atoms with E-state index in [0.717, 1.165) is 0 Å². The van der Waals surface area contributed by atoms with Gasteiger partial charge in [-0.3, -0.25) is 14.9 Å².